The van der Waals surface area contributed by atoms with Gasteiger partial charge >= 0.3 is 0 Å². The Morgan fingerprint density at radius 3 is 2.43 bits per heavy atom. The molecule has 2 bridgehead atoms. The van der Waals surface area contributed by atoms with E-state index in [1.807, 2.05) is 24.3 Å². The monoisotopic (exact) mass is 517 g/mol. The average Bonchev–Trinajstić information content (AvgIpc) is 3.44. The summed E-state index contributed by atoms with van der Waals surface area (Å²) in [5.74, 6) is -5.17. The molecule has 1 saturated heterocycles. The molecule has 4 fully saturated rings. The summed E-state index contributed by atoms with van der Waals surface area (Å²) >= 11 is 0. The Kier molecular flexibility index (Phi) is 5.40. The van der Waals surface area contributed by atoms with E-state index in [9.17, 15) is 13.9 Å². The zero-order chi connectivity index (χ0) is 26.1. The van der Waals surface area contributed by atoms with Gasteiger partial charge in [0.05, 0.1) is 6.54 Å². The lowest BCUT2D eigenvalue weighted by Gasteiger charge is -2.74. The molecular weight excluding hydrogens is 490 g/mol. The first-order valence-electron chi connectivity index (χ1n) is 12.3. The number of tetrazole rings is 1. The molecule has 3 aromatic rings. The van der Waals surface area contributed by atoms with E-state index >= 15 is 8.78 Å². The van der Waals surface area contributed by atoms with Gasteiger partial charge in [-0.1, -0.05) is 12.1 Å². The number of likely N-dealkylation sites (N-methyl/N-ethyl adjacent to an activating group) is 1. The third-order valence-corrected chi connectivity index (χ3v) is 8.49. The van der Waals surface area contributed by atoms with Gasteiger partial charge in [0.15, 0.2) is 5.60 Å². The van der Waals surface area contributed by atoms with Crippen molar-refractivity contribution in [2.45, 2.75) is 55.3 Å². The first-order chi connectivity index (χ1) is 17.6. The predicted molar refractivity (Wildman–Crippen MR) is 124 cm³/mol. The van der Waals surface area contributed by atoms with Gasteiger partial charge in [0.25, 0.3) is 5.92 Å². The van der Waals surface area contributed by atoms with Crippen LogP contribution < -0.4 is 4.74 Å². The van der Waals surface area contributed by atoms with Crippen LogP contribution in [0.1, 0.15) is 36.8 Å². The van der Waals surface area contributed by atoms with Gasteiger partial charge in [-0.3, -0.25) is 0 Å². The number of aromatic nitrogens is 4. The molecule has 7 nitrogen and oxygen atoms in total. The average molecular weight is 518 g/mol. The topological polar surface area (TPSA) is 76.3 Å². The van der Waals surface area contributed by atoms with Gasteiger partial charge in [0.1, 0.15) is 29.8 Å². The van der Waals surface area contributed by atoms with Crippen molar-refractivity contribution in [3.8, 4) is 5.75 Å². The van der Waals surface area contributed by atoms with E-state index in [0.717, 1.165) is 54.0 Å². The number of nitrogens with zero attached hydrogens (tertiary/aromatic N) is 5. The van der Waals surface area contributed by atoms with Gasteiger partial charge in [0, 0.05) is 30.1 Å². The lowest BCUT2D eigenvalue weighted by molar-refractivity contribution is -0.347. The highest BCUT2D eigenvalue weighted by atomic mass is 19.3. The fourth-order valence-electron chi connectivity index (χ4n) is 6.60. The van der Waals surface area contributed by atoms with E-state index in [2.05, 4.69) is 27.5 Å². The number of hydrogen-bond donors (Lipinski definition) is 1. The van der Waals surface area contributed by atoms with Crippen molar-refractivity contribution >= 4 is 0 Å². The Bertz CT molecular complexity index is 1280. The van der Waals surface area contributed by atoms with E-state index in [1.54, 1.807) is 0 Å². The minimum absolute atomic E-state index is 0.137. The normalized spacial score (nSPS) is 28.9. The molecule has 1 aromatic heterocycles. The van der Waals surface area contributed by atoms with E-state index in [0.29, 0.717) is 6.07 Å². The summed E-state index contributed by atoms with van der Waals surface area (Å²) in [6.07, 6.45) is 2.59. The van der Waals surface area contributed by atoms with Gasteiger partial charge < -0.3 is 14.7 Å². The second-order valence-electron chi connectivity index (χ2n) is 11.0. The Morgan fingerprint density at radius 2 is 1.84 bits per heavy atom. The van der Waals surface area contributed by atoms with Gasteiger partial charge in [0.2, 0.25) is 0 Å². The molecule has 3 aliphatic carbocycles. The maximum atomic E-state index is 16.3. The summed E-state index contributed by atoms with van der Waals surface area (Å²) in [4.78, 5) is 2.21. The van der Waals surface area contributed by atoms with E-state index in [-0.39, 0.29) is 25.4 Å². The molecule has 11 heteroatoms. The molecule has 0 unspecified atom stereocenters. The number of benzene rings is 2. The maximum Gasteiger partial charge on any atom is 0.287 e. The second kappa shape index (κ2) is 8.22. The number of alkyl halides is 2. The largest absolute Gasteiger partial charge is 0.489 e. The molecule has 0 radical (unpaired) electrons. The molecule has 1 N–H and O–H groups in total. The van der Waals surface area contributed by atoms with Crippen molar-refractivity contribution in [3.63, 3.8) is 0 Å². The second-order valence-corrected chi connectivity index (χ2v) is 11.0. The highest BCUT2D eigenvalue weighted by molar-refractivity contribution is 5.44. The van der Waals surface area contributed by atoms with Crippen LogP contribution in [0.4, 0.5) is 17.6 Å². The Morgan fingerprint density at radius 1 is 1.11 bits per heavy atom. The highest BCUT2D eigenvalue weighted by Gasteiger charge is 2.82. The fraction of sp³-hybridized carbons (Fsp3) is 0.500. The van der Waals surface area contributed by atoms with Crippen molar-refractivity contribution in [2.24, 2.45) is 5.41 Å². The van der Waals surface area contributed by atoms with Gasteiger partial charge in [-0.15, -0.1) is 5.10 Å². The Hall–Kier alpha value is -3.05. The van der Waals surface area contributed by atoms with Crippen molar-refractivity contribution in [1.82, 2.24) is 25.1 Å². The van der Waals surface area contributed by atoms with Gasteiger partial charge in [-0.2, -0.15) is 0 Å². The van der Waals surface area contributed by atoms with Crippen LogP contribution in [-0.4, -0.2) is 62.4 Å². The van der Waals surface area contributed by atoms with Crippen LogP contribution in [-0.2, 0) is 17.6 Å². The molecule has 196 valence electrons. The minimum atomic E-state index is -3.75. The van der Waals surface area contributed by atoms with E-state index < -0.39 is 46.1 Å². The third kappa shape index (κ3) is 3.65. The zero-order valence-electron chi connectivity index (χ0n) is 20.2. The molecule has 37 heavy (non-hydrogen) atoms. The van der Waals surface area contributed by atoms with Crippen LogP contribution in [0.5, 0.6) is 5.75 Å². The summed E-state index contributed by atoms with van der Waals surface area (Å²) in [6, 6.07) is 9.80. The summed E-state index contributed by atoms with van der Waals surface area (Å²) in [6.45, 7) is 1.07. The van der Waals surface area contributed by atoms with Crippen LogP contribution in [0.3, 0.4) is 0 Å². The number of halogens is 4. The molecule has 7 rings (SSSR count). The predicted octanol–water partition coefficient (Wildman–Crippen LogP) is 3.68. The quantitative estimate of drug-likeness (QED) is 0.460. The summed E-state index contributed by atoms with van der Waals surface area (Å²) in [5.41, 5.74) is -4.68. The molecule has 1 aliphatic heterocycles. The Balaban J connectivity index is 1.23. The molecule has 2 heterocycles. The smallest absolute Gasteiger partial charge is 0.287 e. The van der Waals surface area contributed by atoms with E-state index in [1.165, 1.54) is 0 Å². The van der Waals surface area contributed by atoms with Gasteiger partial charge in [-0.25, -0.2) is 22.2 Å². The van der Waals surface area contributed by atoms with Crippen LogP contribution >= 0.6 is 0 Å². The van der Waals surface area contributed by atoms with Crippen molar-refractivity contribution in [3.05, 3.63) is 71.6 Å². The van der Waals surface area contributed by atoms with Gasteiger partial charge in [-0.05, 0) is 78.4 Å². The van der Waals surface area contributed by atoms with E-state index in [4.69, 9.17) is 4.74 Å². The molecule has 4 aliphatic rings. The van der Waals surface area contributed by atoms with Crippen molar-refractivity contribution in [2.75, 3.05) is 20.1 Å². The molecule has 0 amide bonds. The molecule has 0 spiro atoms. The summed E-state index contributed by atoms with van der Waals surface area (Å²) in [7, 11) is 2.05. The molecule has 3 saturated carbocycles. The number of aliphatic hydroxyl groups is 1. The minimum Gasteiger partial charge on any atom is -0.489 e. The first kappa shape index (κ1) is 24.3. The maximum absolute atomic E-state index is 16.3. The number of ether oxygens (including phenoxy) is 1. The third-order valence-electron chi connectivity index (χ3n) is 8.49. The lowest BCUT2D eigenvalue weighted by atomic mass is 9.30. The Labute approximate surface area is 211 Å². The molecule has 2 atom stereocenters. The van der Waals surface area contributed by atoms with Crippen LogP contribution in [0.15, 0.2) is 48.8 Å². The zero-order valence-corrected chi connectivity index (χ0v) is 20.2. The van der Waals surface area contributed by atoms with Crippen LogP contribution in [0, 0.1) is 17.0 Å². The standard InChI is InChI=1S/C26H27F4N5O2/c1-34-9-8-20(11-34)37-19-5-2-17(3-6-19)23-12-24(13-23,14-23)26(29,30)25(36,15-35-16-31-32-33-35)21-7-4-18(27)10-22(21)28/h2-7,10,16,20,36H,8-9,11-15H2,1H3/t20-,23?,24?,25-/m0/s1. The van der Waals surface area contributed by atoms with Crippen molar-refractivity contribution in [1.29, 1.82) is 0 Å². The lowest BCUT2D eigenvalue weighted by Crippen LogP contribution is -2.76. The summed E-state index contributed by atoms with van der Waals surface area (Å²) in [5, 5.41) is 21.9. The fourth-order valence-corrected chi connectivity index (χ4v) is 6.60. The highest BCUT2D eigenvalue weighted by Crippen LogP contribution is 2.80. The molecular formula is C26H27F4N5O2. The molecule has 2 aromatic carbocycles. The van der Waals surface area contributed by atoms with Crippen molar-refractivity contribution < 1.29 is 27.4 Å². The summed E-state index contributed by atoms with van der Waals surface area (Å²) < 4.78 is 67.9. The number of hydrogen-bond acceptors (Lipinski definition) is 6. The number of rotatable bonds is 8. The van der Waals surface area contributed by atoms with Crippen LogP contribution in [0.2, 0.25) is 0 Å². The SMILES string of the molecule is CN1CC[C@H](Oc2ccc(C34CC(C(F)(F)[C@](O)(Cn5cnnn5)c5ccc(F)cc5F)(C3)C4)cc2)C1. The number of likely N-dealkylation sites (tertiary alicyclic amines) is 1. The van der Waals surface area contributed by atoms with Crippen LogP contribution in [0.25, 0.3) is 0 Å². The first-order valence-corrected chi connectivity index (χ1v) is 12.3.